The van der Waals surface area contributed by atoms with Gasteiger partial charge in [0.15, 0.2) is 22.9 Å². The fourth-order valence-corrected chi connectivity index (χ4v) is 7.48. The molecule has 276 valence electrons. The lowest BCUT2D eigenvalue weighted by Gasteiger charge is -2.20. The third kappa shape index (κ3) is 10.4. The molecule has 0 amide bonds. The van der Waals surface area contributed by atoms with E-state index in [1.807, 2.05) is 9.03 Å². The highest BCUT2D eigenvalue weighted by Gasteiger charge is 2.21. The average molecular weight is 765 g/mol. The van der Waals surface area contributed by atoms with Crippen molar-refractivity contribution in [1.82, 2.24) is 49.4 Å². The van der Waals surface area contributed by atoms with Crippen LogP contribution in [0.4, 0.5) is 11.6 Å². The Kier molecular flexibility index (Phi) is 18.6. The Morgan fingerprint density at radius 1 is 0.510 bits per heavy atom. The van der Waals surface area contributed by atoms with E-state index in [4.69, 9.17) is 0 Å². The maximum atomic E-state index is 4.68. The molecule has 6 heterocycles. The Labute approximate surface area is 314 Å². The monoisotopic (exact) mass is 762 g/mol. The first kappa shape index (κ1) is 42.9. The van der Waals surface area contributed by atoms with Gasteiger partial charge in [0.25, 0.3) is 0 Å². The van der Waals surface area contributed by atoms with Gasteiger partial charge < -0.3 is 25.9 Å². The van der Waals surface area contributed by atoms with Crippen molar-refractivity contribution >= 4 is 72.6 Å². The minimum Gasteiger partial charge on any atom is -0.412 e. The van der Waals surface area contributed by atoms with Crippen molar-refractivity contribution in [2.24, 2.45) is 0 Å². The van der Waals surface area contributed by atoms with Gasteiger partial charge in [-0.15, -0.1) is 80.2 Å². The van der Waals surface area contributed by atoms with E-state index in [1.165, 1.54) is 126 Å². The molecule has 2 saturated heterocycles. The molecule has 13 nitrogen and oxygen atoms in total. The van der Waals surface area contributed by atoms with Gasteiger partial charge in [-0.2, -0.15) is 9.03 Å². The van der Waals surface area contributed by atoms with Crippen LogP contribution in [0, 0.1) is 0 Å². The fraction of sp³-hybridized carbons (Fsp3) is 0.688. The smallest absolute Gasteiger partial charge is 0.181 e. The van der Waals surface area contributed by atoms with Gasteiger partial charge in [0.05, 0.1) is 0 Å². The van der Waals surface area contributed by atoms with E-state index >= 15 is 0 Å². The normalized spacial score (nSPS) is 16.8. The Bertz CT molecular complexity index is 1430. The van der Waals surface area contributed by atoms with Gasteiger partial charge in [-0.05, 0) is 129 Å². The second kappa shape index (κ2) is 21.2. The van der Waals surface area contributed by atoms with Crippen molar-refractivity contribution in [3.63, 3.8) is 0 Å². The Morgan fingerprint density at radius 2 is 0.878 bits per heavy atom. The standard InChI is InChI=1S/2C16H24N6.4ClH.H2O/c2*1-2-7-14-13(6-1)15(20-22-12-18-19-16(14)22)17-8-5-11-21-9-3-4-10-21;;;;;/h2*12H,1-11H2,(H,17,20);4*1H;1H2. The van der Waals surface area contributed by atoms with E-state index < -0.39 is 0 Å². The number of hydrogen-bond donors (Lipinski definition) is 2. The van der Waals surface area contributed by atoms with Crippen molar-refractivity contribution in [3.05, 3.63) is 34.9 Å². The van der Waals surface area contributed by atoms with Crippen molar-refractivity contribution in [2.75, 3.05) is 63.0 Å². The van der Waals surface area contributed by atoms with Crippen molar-refractivity contribution < 1.29 is 5.48 Å². The van der Waals surface area contributed by atoms with Crippen molar-refractivity contribution in [1.29, 1.82) is 0 Å². The molecule has 2 aliphatic carbocycles. The zero-order chi connectivity index (χ0) is 29.6. The van der Waals surface area contributed by atoms with E-state index in [0.29, 0.717) is 0 Å². The molecule has 0 unspecified atom stereocenters. The Hall–Kier alpha value is -2.26. The van der Waals surface area contributed by atoms with Gasteiger partial charge in [-0.25, -0.2) is 0 Å². The summed E-state index contributed by atoms with van der Waals surface area (Å²) in [7, 11) is 0. The number of aromatic nitrogens is 8. The number of hydrogen-bond acceptors (Lipinski definition) is 10. The van der Waals surface area contributed by atoms with Crippen LogP contribution in [0.1, 0.15) is 86.5 Å². The highest BCUT2D eigenvalue weighted by atomic mass is 35.5. The van der Waals surface area contributed by atoms with Crippen LogP contribution in [0.25, 0.3) is 11.3 Å². The first-order valence-electron chi connectivity index (χ1n) is 17.2. The average Bonchev–Trinajstić information content (AvgIpc) is 3.90. The molecular weight excluding hydrogens is 710 g/mol. The van der Waals surface area contributed by atoms with Crippen molar-refractivity contribution in [3.8, 4) is 0 Å². The molecule has 0 radical (unpaired) electrons. The zero-order valence-electron chi connectivity index (χ0n) is 28.3. The number of likely N-dealkylation sites (tertiary alicyclic amines) is 2. The molecule has 0 aromatic carbocycles. The second-order valence-electron chi connectivity index (χ2n) is 12.9. The molecule has 2 fully saturated rings. The molecule has 4 aliphatic rings. The predicted octanol–water partition coefficient (Wildman–Crippen LogP) is 4.66. The molecule has 4 aromatic heterocycles. The van der Waals surface area contributed by atoms with Crippen LogP contribution >= 0.6 is 49.6 Å². The summed E-state index contributed by atoms with van der Waals surface area (Å²) in [5.41, 5.74) is 7.32. The Morgan fingerprint density at radius 3 is 1.27 bits per heavy atom. The summed E-state index contributed by atoms with van der Waals surface area (Å²) in [4.78, 5) is 5.13. The molecular formula is C32H54Cl4N12O. The summed E-state index contributed by atoms with van der Waals surface area (Å²) in [6.07, 6.45) is 20.7. The summed E-state index contributed by atoms with van der Waals surface area (Å²) in [5, 5.41) is 33.0. The summed E-state index contributed by atoms with van der Waals surface area (Å²) in [5.74, 6) is 2.09. The maximum Gasteiger partial charge on any atom is 0.181 e. The van der Waals surface area contributed by atoms with Crippen LogP contribution in [-0.4, -0.2) is 107 Å². The van der Waals surface area contributed by atoms with Crippen LogP contribution in [0.2, 0.25) is 0 Å². The van der Waals surface area contributed by atoms with Crippen LogP contribution in [-0.2, 0) is 25.7 Å². The molecule has 0 spiro atoms. The molecule has 8 rings (SSSR count). The first-order chi connectivity index (χ1) is 21.8. The Balaban J connectivity index is 0.000000309. The lowest BCUT2D eigenvalue weighted by Crippen LogP contribution is -2.23. The van der Waals surface area contributed by atoms with Crippen LogP contribution in [0.15, 0.2) is 12.7 Å². The van der Waals surface area contributed by atoms with Gasteiger partial charge in [-0.1, -0.05) is 0 Å². The van der Waals surface area contributed by atoms with Gasteiger partial charge in [0.2, 0.25) is 0 Å². The molecule has 0 bridgehead atoms. The summed E-state index contributed by atoms with van der Waals surface area (Å²) in [6.45, 7) is 9.49. The minimum absolute atomic E-state index is 0. The third-order valence-corrected chi connectivity index (χ3v) is 9.81. The van der Waals surface area contributed by atoms with Gasteiger partial charge in [0, 0.05) is 35.3 Å². The molecule has 49 heavy (non-hydrogen) atoms. The summed E-state index contributed by atoms with van der Waals surface area (Å²) in [6, 6.07) is 0. The molecule has 0 atom stereocenters. The highest BCUT2D eigenvalue weighted by molar-refractivity contribution is 5.86. The van der Waals surface area contributed by atoms with Crippen LogP contribution < -0.4 is 10.6 Å². The number of halogens is 4. The maximum absolute atomic E-state index is 4.68. The summed E-state index contributed by atoms with van der Waals surface area (Å²) < 4.78 is 3.65. The van der Waals surface area contributed by atoms with E-state index in [0.717, 1.165) is 61.7 Å². The number of anilines is 2. The lowest BCUT2D eigenvalue weighted by atomic mass is 9.93. The SMILES string of the molecule is Cl.Cl.Cl.Cl.O.c1nnc2c3c(c(NCCCN4CCCC4)nn12)CCCC3.c1nnc2c3c(c(NCCCN4CCCC4)nn12)CCCC3. The molecule has 17 heteroatoms. The van der Waals surface area contributed by atoms with Crippen LogP contribution in [0.3, 0.4) is 0 Å². The second-order valence-corrected chi connectivity index (χ2v) is 12.9. The zero-order valence-corrected chi connectivity index (χ0v) is 31.6. The van der Waals surface area contributed by atoms with Crippen molar-refractivity contribution in [2.45, 2.75) is 89.9 Å². The fourth-order valence-electron chi connectivity index (χ4n) is 7.48. The van der Waals surface area contributed by atoms with E-state index in [-0.39, 0.29) is 55.1 Å². The number of fused-ring (bicyclic) bond motifs is 6. The third-order valence-electron chi connectivity index (χ3n) is 9.81. The van der Waals surface area contributed by atoms with E-state index in [1.54, 1.807) is 12.7 Å². The summed E-state index contributed by atoms with van der Waals surface area (Å²) >= 11 is 0. The quantitative estimate of drug-likeness (QED) is 0.219. The molecule has 4 N–H and O–H groups in total. The molecule has 4 aromatic rings. The minimum atomic E-state index is 0. The molecule has 0 saturated carbocycles. The predicted molar refractivity (Wildman–Crippen MR) is 205 cm³/mol. The van der Waals surface area contributed by atoms with Gasteiger partial charge in [-0.3, -0.25) is 0 Å². The lowest BCUT2D eigenvalue weighted by molar-refractivity contribution is 0.337. The first-order valence-corrected chi connectivity index (χ1v) is 17.2. The number of nitrogens with one attached hydrogen (secondary N) is 2. The number of aryl methyl sites for hydroxylation is 2. The van der Waals surface area contributed by atoms with E-state index in [9.17, 15) is 0 Å². The topological polar surface area (TPSA) is 148 Å². The molecule has 2 aliphatic heterocycles. The van der Waals surface area contributed by atoms with Gasteiger partial charge >= 0.3 is 0 Å². The van der Waals surface area contributed by atoms with Crippen LogP contribution in [0.5, 0.6) is 0 Å². The number of rotatable bonds is 10. The number of nitrogens with zero attached hydrogens (tertiary/aromatic N) is 10. The van der Waals surface area contributed by atoms with Gasteiger partial charge in [0.1, 0.15) is 12.7 Å². The highest BCUT2D eigenvalue weighted by Crippen LogP contribution is 2.30. The van der Waals surface area contributed by atoms with E-state index in [2.05, 4.69) is 51.0 Å². The largest absolute Gasteiger partial charge is 0.412 e.